The summed E-state index contributed by atoms with van der Waals surface area (Å²) < 4.78 is 7.11. The van der Waals surface area contributed by atoms with E-state index in [1.807, 2.05) is 0 Å². The molecule has 0 amide bonds. The van der Waals surface area contributed by atoms with Gasteiger partial charge in [0.05, 0.1) is 11.7 Å². The van der Waals surface area contributed by atoms with Crippen LogP contribution in [0.5, 0.6) is 0 Å². The minimum absolute atomic E-state index is 0.0518. The van der Waals surface area contributed by atoms with Crippen molar-refractivity contribution in [3.8, 4) is 0 Å². The zero-order valence-corrected chi connectivity index (χ0v) is 12.3. The first kappa shape index (κ1) is 12.9. The average Bonchev–Trinajstić information content (AvgIpc) is 2.61. The Morgan fingerprint density at radius 3 is 2.88 bits per heavy atom. The molecule has 1 atom stereocenters. The molecule has 94 valence electrons. The van der Waals surface area contributed by atoms with Crippen LogP contribution in [0.15, 0.2) is 22.7 Å². The van der Waals surface area contributed by atoms with Crippen LogP contribution in [-0.2, 0) is 4.74 Å². The lowest BCUT2D eigenvalue weighted by molar-refractivity contribution is -0.00911. The molecule has 2 rings (SSSR count). The van der Waals surface area contributed by atoms with Gasteiger partial charge < -0.3 is 10.1 Å². The topological polar surface area (TPSA) is 21.3 Å². The molecule has 0 aliphatic carbocycles. The van der Waals surface area contributed by atoms with Crippen LogP contribution in [0.2, 0.25) is 0 Å². The minimum atomic E-state index is 0.0518. The summed E-state index contributed by atoms with van der Waals surface area (Å²) in [6.07, 6.45) is 2.62. The van der Waals surface area contributed by atoms with Crippen LogP contribution in [0, 0.1) is 6.92 Å². The lowest BCUT2D eigenvalue weighted by atomic mass is 10.1. The zero-order chi connectivity index (χ0) is 12.5. The van der Waals surface area contributed by atoms with Gasteiger partial charge in [-0.15, -0.1) is 0 Å². The fraction of sp³-hybridized carbons (Fsp3) is 0.571. The van der Waals surface area contributed by atoms with Crippen LogP contribution in [-0.4, -0.2) is 18.2 Å². The molecule has 3 heteroatoms. The number of hydrogen-bond donors (Lipinski definition) is 1. The highest BCUT2D eigenvalue weighted by atomic mass is 79.9. The molecule has 17 heavy (non-hydrogen) atoms. The second-order valence-electron chi connectivity index (χ2n) is 5.36. The molecule has 1 aliphatic heterocycles. The monoisotopic (exact) mass is 297 g/mol. The van der Waals surface area contributed by atoms with Crippen molar-refractivity contribution in [3.63, 3.8) is 0 Å². The summed E-state index contributed by atoms with van der Waals surface area (Å²) in [5.41, 5.74) is 2.46. The summed E-state index contributed by atoms with van der Waals surface area (Å²) in [7, 11) is 0. The van der Waals surface area contributed by atoms with Gasteiger partial charge in [-0.1, -0.05) is 12.1 Å². The molecule has 1 fully saturated rings. The van der Waals surface area contributed by atoms with Crippen molar-refractivity contribution in [3.05, 3.63) is 28.2 Å². The van der Waals surface area contributed by atoms with Crippen molar-refractivity contribution in [2.24, 2.45) is 0 Å². The van der Waals surface area contributed by atoms with E-state index in [0.717, 1.165) is 29.5 Å². The van der Waals surface area contributed by atoms with E-state index in [9.17, 15) is 0 Å². The smallest absolute Gasteiger partial charge is 0.0755 e. The summed E-state index contributed by atoms with van der Waals surface area (Å²) in [6, 6.07) is 6.27. The fourth-order valence-electron chi connectivity index (χ4n) is 2.23. The predicted octanol–water partition coefficient (Wildman–Crippen LogP) is 4.13. The average molecular weight is 298 g/mol. The second-order valence-corrected chi connectivity index (χ2v) is 6.15. The first-order chi connectivity index (χ1) is 7.98. The van der Waals surface area contributed by atoms with Gasteiger partial charge in [0, 0.05) is 16.7 Å². The van der Waals surface area contributed by atoms with Crippen molar-refractivity contribution in [1.29, 1.82) is 0 Å². The molecule has 1 aromatic carbocycles. The van der Waals surface area contributed by atoms with Crippen LogP contribution >= 0.6 is 15.9 Å². The maximum absolute atomic E-state index is 5.96. The molecule has 1 heterocycles. The van der Waals surface area contributed by atoms with Gasteiger partial charge in [-0.25, -0.2) is 0 Å². The van der Waals surface area contributed by atoms with E-state index in [1.165, 1.54) is 5.56 Å². The molecule has 1 aliphatic rings. The van der Waals surface area contributed by atoms with Crippen LogP contribution in [0.25, 0.3) is 0 Å². The molecule has 0 saturated carbocycles. The Bertz CT molecular complexity index is 403. The molecule has 2 nitrogen and oxygen atoms in total. The van der Waals surface area contributed by atoms with Gasteiger partial charge in [0.15, 0.2) is 0 Å². The molecule has 1 saturated heterocycles. The number of nitrogens with one attached hydrogen (secondary N) is 1. The van der Waals surface area contributed by atoms with Crippen molar-refractivity contribution < 1.29 is 4.74 Å². The van der Waals surface area contributed by atoms with E-state index in [-0.39, 0.29) is 5.60 Å². The molecule has 0 spiro atoms. The molecule has 1 aromatic rings. The second kappa shape index (κ2) is 4.99. The highest BCUT2D eigenvalue weighted by molar-refractivity contribution is 9.10. The summed E-state index contributed by atoms with van der Waals surface area (Å²) in [5, 5.41) is 3.46. The summed E-state index contributed by atoms with van der Waals surface area (Å²) in [4.78, 5) is 0. The summed E-state index contributed by atoms with van der Waals surface area (Å²) in [5.74, 6) is 0. The first-order valence-corrected chi connectivity index (χ1v) is 6.94. The third-order valence-electron chi connectivity index (χ3n) is 3.27. The Morgan fingerprint density at radius 1 is 1.47 bits per heavy atom. The molecular formula is C14H20BrNO. The van der Waals surface area contributed by atoms with Crippen molar-refractivity contribution in [2.45, 2.75) is 45.3 Å². The van der Waals surface area contributed by atoms with E-state index in [2.05, 4.69) is 60.2 Å². The Labute approximate surface area is 112 Å². The van der Waals surface area contributed by atoms with E-state index in [1.54, 1.807) is 0 Å². The molecule has 0 radical (unpaired) electrons. The highest BCUT2D eigenvalue weighted by Gasteiger charge is 2.31. The summed E-state index contributed by atoms with van der Waals surface area (Å²) in [6.45, 7) is 7.31. The Hall–Kier alpha value is -0.540. The number of halogens is 1. The number of benzene rings is 1. The number of ether oxygens (including phenoxy) is 1. The number of hydrogen-bond acceptors (Lipinski definition) is 2. The predicted molar refractivity (Wildman–Crippen MR) is 75.6 cm³/mol. The van der Waals surface area contributed by atoms with Gasteiger partial charge in [0.2, 0.25) is 0 Å². The van der Waals surface area contributed by atoms with Crippen LogP contribution in [0.4, 0.5) is 5.69 Å². The van der Waals surface area contributed by atoms with Gasteiger partial charge in [0.25, 0.3) is 0 Å². The Kier molecular flexibility index (Phi) is 3.79. The quantitative estimate of drug-likeness (QED) is 0.906. The molecule has 0 aromatic heterocycles. The largest absolute Gasteiger partial charge is 0.382 e. The fourth-order valence-corrected chi connectivity index (χ4v) is 2.63. The lowest BCUT2D eigenvalue weighted by Crippen LogP contribution is -2.24. The number of rotatable bonds is 3. The van der Waals surface area contributed by atoms with E-state index < -0.39 is 0 Å². The van der Waals surface area contributed by atoms with Crippen molar-refractivity contribution in [2.75, 3.05) is 11.9 Å². The SMILES string of the molecule is Cc1cccc(NCC2CCC(C)(C)O2)c1Br. The molecular weight excluding hydrogens is 278 g/mol. The van der Waals surface area contributed by atoms with Crippen LogP contribution in [0.1, 0.15) is 32.3 Å². The first-order valence-electron chi connectivity index (χ1n) is 6.15. The number of anilines is 1. The van der Waals surface area contributed by atoms with Gasteiger partial charge in [0.1, 0.15) is 0 Å². The van der Waals surface area contributed by atoms with Gasteiger partial charge in [-0.3, -0.25) is 0 Å². The third kappa shape index (κ3) is 3.23. The molecule has 1 unspecified atom stereocenters. The highest BCUT2D eigenvalue weighted by Crippen LogP contribution is 2.30. The van der Waals surface area contributed by atoms with E-state index in [4.69, 9.17) is 4.74 Å². The number of aryl methyl sites for hydroxylation is 1. The third-order valence-corrected chi connectivity index (χ3v) is 4.32. The maximum atomic E-state index is 5.96. The lowest BCUT2D eigenvalue weighted by Gasteiger charge is -2.20. The summed E-state index contributed by atoms with van der Waals surface area (Å²) >= 11 is 3.61. The van der Waals surface area contributed by atoms with Gasteiger partial charge >= 0.3 is 0 Å². The van der Waals surface area contributed by atoms with Crippen molar-refractivity contribution in [1.82, 2.24) is 0 Å². The minimum Gasteiger partial charge on any atom is -0.382 e. The van der Waals surface area contributed by atoms with Crippen LogP contribution < -0.4 is 5.32 Å². The normalized spacial score (nSPS) is 22.7. The standard InChI is InChI=1S/C14H20BrNO/c1-10-5-4-6-12(13(10)15)16-9-11-7-8-14(2,3)17-11/h4-6,11,16H,7-9H2,1-3H3. The van der Waals surface area contributed by atoms with Crippen molar-refractivity contribution >= 4 is 21.6 Å². The Morgan fingerprint density at radius 2 is 2.24 bits per heavy atom. The van der Waals surface area contributed by atoms with Crippen LogP contribution in [0.3, 0.4) is 0 Å². The zero-order valence-electron chi connectivity index (χ0n) is 10.7. The Balaban J connectivity index is 1.93. The maximum Gasteiger partial charge on any atom is 0.0755 e. The van der Waals surface area contributed by atoms with Gasteiger partial charge in [-0.2, -0.15) is 0 Å². The van der Waals surface area contributed by atoms with E-state index >= 15 is 0 Å². The molecule has 0 bridgehead atoms. The van der Waals surface area contributed by atoms with Gasteiger partial charge in [-0.05, 0) is 61.2 Å². The van der Waals surface area contributed by atoms with E-state index in [0.29, 0.717) is 6.10 Å². The molecule has 1 N–H and O–H groups in total.